The molecule has 3 aromatic rings. The quantitative estimate of drug-likeness (QED) is 0.555. The van der Waals surface area contributed by atoms with E-state index in [0.717, 1.165) is 11.1 Å². The Morgan fingerprint density at radius 1 is 1.23 bits per heavy atom. The summed E-state index contributed by atoms with van der Waals surface area (Å²) in [7, 11) is -1.95. The molecule has 1 aromatic carbocycles. The van der Waals surface area contributed by atoms with Crippen LogP contribution >= 0.6 is 0 Å². The average molecular weight is 495 g/mol. The van der Waals surface area contributed by atoms with E-state index in [0.29, 0.717) is 23.6 Å². The van der Waals surface area contributed by atoms with Crippen LogP contribution in [0.4, 0.5) is 10.2 Å². The maximum Gasteiger partial charge on any atom is 0.270 e. The first-order valence-corrected chi connectivity index (χ1v) is 12.4. The third-order valence-corrected chi connectivity index (χ3v) is 8.75. The molecule has 11 heteroatoms. The number of allylic oxidation sites excluding steroid dienone is 5. The van der Waals surface area contributed by atoms with Crippen molar-refractivity contribution >= 4 is 21.2 Å². The lowest BCUT2D eigenvalue weighted by molar-refractivity contribution is 0.284. The van der Waals surface area contributed by atoms with Crippen molar-refractivity contribution in [3.8, 4) is 22.8 Å². The molecule has 180 valence electrons. The van der Waals surface area contributed by atoms with Gasteiger partial charge in [0.15, 0.2) is 21.3 Å². The van der Waals surface area contributed by atoms with E-state index < -0.39 is 20.8 Å². The lowest BCUT2D eigenvalue weighted by atomic mass is 9.98. The van der Waals surface area contributed by atoms with Crippen LogP contribution in [0.15, 0.2) is 63.7 Å². The second-order valence-electron chi connectivity index (χ2n) is 8.83. The Morgan fingerprint density at radius 2 is 2.00 bits per heavy atom. The van der Waals surface area contributed by atoms with Crippen molar-refractivity contribution in [2.75, 3.05) is 12.8 Å². The summed E-state index contributed by atoms with van der Waals surface area (Å²) in [5.74, 6) is 0.493. The minimum Gasteiger partial charge on any atom is -0.414 e. The SMILES string of the molecule is CNC=C1C=CC(c2nnc(-c3nc(-c4ccc5c(c4)[C@@H](F)C(C)(C)S5(=O)=O)cnc3N)o2)=CC1. The number of nitrogens with zero attached hydrogens (tertiary/aromatic N) is 4. The summed E-state index contributed by atoms with van der Waals surface area (Å²) in [4.78, 5) is 8.70. The average Bonchev–Trinajstić information content (AvgIpc) is 3.38. The fraction of sp³-hybridized carbons (Fsp3) is 0.250. The molecule has 0 unspecified atom stereocenters. The molecule has 3 N–H and O–H groups in total. The topological polar surface area (TPSA) is 137 Å². The van der Waals surface area contributed by atoms with Gasteiger partial charge in [0.05, 0.1) is 16.8 Å². The Hall–Kier alpha value is -3.86. The number of anilines is 1. The number of nitrogens with one attached hydrogen (secondary N) is 1. The summed E-state index contributed by atoms with van der Waals surface area (Å²) >= 11 is 0. The molecule has 0 saturated carbocycles. The van der Waals surface area contributed by atoms with Gasteiger partial charge in [0, 0.05) is 23.7 Å². The van der Waals surface area contributed by atoms with Gasteiger partial charge < -0.3 is 15.5 Å². The van der Waals surface area contributed by atoms with Crippen LogP contribution in [-0.2, 0) is 9.84 Å². The maximum atomic E-state index is 15.1. The van der Waals surface area contributed by atoms with Crippen molar-refractivity contribution in [3.05, 3.63) is 65.9 Å². The van der Waals surface area contributed by atoms with E-state index in [4.69, 9.17) is 10.2 Å². The van der Waals surface area contributed by atoms with Gasteiger partial charge in [-0.25, -0.2) is 22.8 Å². The molecule has 0 saturated heterocycles. The summed E-state index contributed by atoms with van der Waals surface area (Å²) in [6.07, 6.45) is 8.19. The van der Waals surface area contributed by atoms with E-state index in [1.165, 1.54) is 32.2 Å². The van der Waals surface area contributed by atoms with Gasteiger partial charge in [-0.2, -0.15) is 0 Å². The molecular weight excluding hydrogens is 471 g/mol. The van der Waals surface area contributed by atoms with Crippen molar-refractivity contribution in [3.63, 3.8) is 0 Å². The zero-order valence-electron chi connectivity index (χ0n) is 19.3. The molecule has 1 aliphatic heterocycles. The second-order valence-corrected chi connectivity index (χ2v) is 11.3. The lowest BCUT2D eigenvalue weighted by Crippen LogP contribution is -2.30. The van der Waals surface area contributed by atoms with Gasteiger partial charge >= 0.3 is 0 Å². The van der Waals surface area contributed by atoms with Crippen molar-refractivity contribution in [2.45, 2.75) is 36.1 Å². The Labute approximate surface area is 201 Å². The van der Waals surface area contributed by atoms with E-state index in [1.54, 1.807) is 6.07 Å². The molecule has 5 rings (SSSR count). The van der Waals surface area contributed by atoms with E-state index in [-0.39, 0.29) is 27.9 Å². The zero-order chi connectivity index (χ0) is 25.0. The first kappa shape index (κ1) is 22.9. The highest BCUT2D eigenvalue weighted by molar-refractivity contribution is 7.93. The number of hydrogen-bond acceptors (Lipinski definition) is 9. The monoisotopic (exact) mass is 494 g/mol. The van der Waals surface area contributed by atoms with Crippen molar-refractivity contribution in [2.24, 2.45) is 0 Å². The third-order valence-electron chi connectivity index (χ3n) is 6.21. The number of rotatable bonds is 4. The highest BCUT2D eigenvalue weighted by atomic mass is 32.2. The van der Waals surface area contributed by atoms with Gasteiger partial charge in [0.2, 0.25) is 5.89 Å². The molecule has 2 aliphatic rings. The standard InChI is InChI=1S/C24H23FN6O3S/c1-24(2)20(25)16-10-15(8-9-18(16)35(24,32)33)17-12-28-21(26)19(29-17)23-31-30-22(34-23)14-6-4-13(5-7-14)11-27-3/h4,6-12,20,27H,5H2,1-3H3,(H2,26,28)/t20-/m1/s1. The Bertz CT molecular complexity index is 1540. The summed E-state index contributed by atoms with van der Waals surface area (Å²) in [6.45, 7) is 2.77. The molecule has 9 nitrogen and oxygen atoms in total. The van der Waals surface area contributed by atoms with E-state index in [9.17, 15) is 8.42 Å². The molecule has 3 heterocycles. The van der Waals surface area contributed by atoms with Gasteiger partial charge in [-0.15, -0.1) is 10.2 Å². The predicted molar refractivity (Wildman–Crippen MR) is 129 cm³/mol. The molecule has 0 spiro atoms. The molecule has 0 amide bonds. The number of nitrogen functional groups attached to an aromatic ring is 1. The van der Waals surface area contributed by atoms with Crippen LogP contribution in [0, 0.1) is 0 Å². The van der Waals surface area contributed by atoms with Gasteiger partial charge in [-0.3, -0.25) is 0 Å². The normalized spacial score (nSPS) is 21.1. The van der Waals surface area contributed by atoms with E-state index in [2.05, 4.69) is 25.5 Å². The summed E-state index contributed by atoms with van der Waals surface area (Å²) < 4.78 is 44.7. The van der Waals surface area contributed by atoms with E-state index >= 15 is 4.39 Å². The van der Waals surface area contributed by atoms with Gasteiger partial charge in [0.25, 0.3) is 5.89 Å². The van der Waals surface area contributed by atoms with Crippen LogP contribution < -0.4 is 11.1 Å². The van der Waals surface area contributed by atoms with Crippen LogP contribution in [0.3, 0.4) is 0 Å². The van der Waals surface area contributed by atoms with Crippen LogP contribution in [-0.4, -0.2) is 40.4 Å². The first-order valence-electron chi connectivity index (χ1n) is 10.9. The van der Waals surface area contributed by atoms with Crippen molar-refractivity contribution in [1.29, 1.82) is 0 Å². The van der Waals surface area contributed by atoms with Gasteiger partial charge in [0.1, 0.15) is 10.9 Å². The minimum absolute atomic E-state index is 0.00884. The molecule has 0 radical (unpaired) electrons. The number of nitrogens with two attached hydrogens (primary N) is 1. The molecule has 1 atom stereocenters. The number of alkyl halides is 1. The number of aromatic nitrogens is 4. The Balaban J connectivity index is 1.49. The number of hydrogen-bond donors (Lipinski definition) is 2. The fourth-order valence-corrected chi connectivity index (χ4v) is 5.77. The molecule has 0 bridgehead atoms. The highest BCUT2D eigenvalue weighted by Gasteiger charge is 2.52. The van der Waals surface area contributed by atoms with Crippen LogP contribution in [0.5, 0.6) is 0 Å². The third kappa shape index (κ3) is 3.63. The van der Waals surface area contributed by atoms with E-state index in [1.807, 2.05) is 31.5 Å². The molecule has 35 heavy (non-hydrogen) atoms. The maximum absolute atomic E-state index is 15.1. The first-order chi connectivity index (χ1) is 16.6. The molecule has 0 fully saturated rings. The summed E-state index contributed by atoms with van der Waals surface area (Å²) in [5, 5.41) is 11.2. The largest absolute Gasteiger partial charge is 0.414 e. The zero-order valence-corrected chi connectivity index (χ0v) is 20.1. The van der Waals surface area contributed by atoms with Gasteiger partial charge in [-0.1, -0.05) is 18.2 Å². The minimum atomic E-state index is -3.79. The van der Waals surface area contributed by atoms with Crippen LogP contribution in [0.25, 0.3) is 28.4 Å². The smallest absolute Gasteiger partial charge is 0.270 e. The Morgan fingerprint density at radius 3 is 2.71 bits per heavy atom. The second kappa shape index (κ2) is 8.12. The van der Waals surface area contributed by atoms with Gasteiger partial charge in [-0.05, 0) is 50.3 Å². The van der Waals surface area contributed by atoms with Crippen LogP contribution in [0.1, 0.15) is 37.9 Å². The highest BCUT2D eigenvalue weighted by Crippen LogP contribution is 2.49. The molecule has 1 aliphatic carbocycles. The predicted octanol–water partition coefficient (Wildman–Crippen LogP) is 3.80. The fourth-order valence-electron chi connectivity index (χ4n) is 4.09. The molecular formula is C24H23FN6O3S. The summed E-state index contributed by atoms with van der Waals surface area (Å²) in [5.41, 5.74) is 9.07. The molecule has 2 aromatic heterocycles. The number of fused-ring (bicyclic) bond motifs is 1. The Kier molecular flexibility index (Phi) is 5.32. The van der Waals surface area contributed by atoms with Crippen molar-refractivity contribution in [1.82, 2.24) is 25.5 Å². The summed E-state index contributed by atoms with van der Waals surface area (Å²) in [6, 6.07) is 4.47. The lowest BCUT2D eigenvalue weighted by Gasteiger charge is -2.19. The number of benzene rings is 1. The van der Waals surface area contributed by atoms with Crippen LogP contribution in [0.2, 0.25) is 0 Å². The van der Waals surface area contributed by atoms with Crippen molar-refractivity contribution < 1.29 is 17.2 Å². The number of halogens is 1. The number of sulfone groups is 1.